The van der Waals surface area contributed by atoms with Gasteiger partial charge in [-0.15, -0.1) is 0 Å². The van der Waals surface area contributed by atoms with E-state index in [0.29, 0.717) is 23.1 Å². The Hall–Kier alpha value is -1.07. The normalized spacial score (nSPS) is 12.7. The molecule has 0 saturated carbocycles. The molecule has 0 saturated heterocycles. The summed E-state index contributed by atoms with van der Waals surface area (Å²) in [4.78, 5) is 0. The molecule has 1 atom stereocenters. The molecule has 1 unspecified atom stereocenters. The molecule has 0 amide bonds. The summed E-state index contributed by atoms with van der Waals surface area (Å²) in [6.07, 6.45) is 0. The number of nitrogens with two attached hydrogens (primary N) is 1. The number of aryl methyl sites for hydroxylation is 1. The van der Waals surface area contributed by atoms with Crippen LogP contribution in [0.2, 0.25) is 10.0 Å². The van der Waals surface area contributed by atoms with Crippen molar-refractivity contribution in [3.8, 4) is 0 Å². The average Bonchev–Trinajstić information content (AvgIpc) is 2.76. The molecule has 0 aliphatic rings. The number of aliphatic hydroxyl groups excluding tert-OH is 1. The zero-order valence-corrected chi connectivity index (χ0v) is 12.7. The number of aromatic nitrogens is 2. The van der Waals surface area contributed by atoms with Crippen molar-refractivity contribution >= 4 is 23.2 Å². The number of rotatable bonds is 5. The third kappa shape index (κ3) is 3.15. The molecule has 0 aliphatic carbocycles. The maximum absolute atomic E-state index is 9.13. The maximum atomic E-state index is 9.13. The summed E-state index contributed by atoms with van der Waals surface area (Å²) in [5.41, 5.74) is 8.77. The summed E-state index contributed by atoms with van der Waals surface area (Å²) < 4.78 is 1.79. The van der Waals surface area contributed by atoms with Crippen LogP contribution in [0.5, 0.6) is 0 Å². The molecule has 1 aromatic heterocycles. The molecule has 0 radical (unpaired) electrons. The first-order valence-electron chi connectivity index (χ1n) is 6.37. The van der Waals surface area contributed by atoms with Gasteiger partial charge in [-0.25, -0.2) is 0 Å². The van der Waals surface area contributed by atoms with E-state index < -0.39 is 0 Å². The third-order valence-corrected chi connectivity index (χ3v) is 3.92. The molecule has 108 valence electrons. The lowest BCUT2D eigenvalue weighted by molar-refractivity contribution is 0.266. The van der Waals surface area contributed by atoms with Crippen LogP contribution < -0.4 is 5.73 Å². The Morgan fingerprint density at radius 1 is 1.30 bits per heavy atom. The van der Waals surface area contributed by atoms with Crippen LogP contribution in [0.4, 0.5) is 0 Å². The SMILES string of the molecule is Cc1cc(C(CN)c2ccc(Cl)c(Cl)c2)n(CCO)n1. The first-order chi connectivity index (χ1) is 9.56. The predicted molar refractivity (Wildman–Crippen MR) is 81.4 cm³/mol. The Labute approximate surface area is 128 Å². The lowest BCUT2D eigenvalue weighted by atomic mass is 9.95. The monoisotopic (exact) mass is 313 g/mol. The molecular weight excluding hydrogens is 297 g/mol. The highest BCUT2D eigenvalue weighted by Gasteiger charge is 2.19. The summed E-state index contributed by atoms with van der Waals surface area (Å²) in [6, 6.07) is 7.49. The second kappa shape index (κ2) is 6.59. The van der Waals surface area contributed by atoms with E-state index >= 15 is 0 Å². The van der Waals surface area contributed by atoms with E-state index in [9.17, 15) is 0 Å². The van der Waals surface area contributed by atoms with Gasteiger partial charge >= 0.3 is 0 Å². The fourth-order valence-electron chi connectivity index (χ4n) is 2.28. The van der Waals surface area contributed by atoms with Gasteiger partial charge < -0.3 is 10.8 Å². The molecule has 1 aromatic carbocycles. The fourth-order valence-corrected chi connectivity index (χ4v) is 2.58. The van der Waals surface area contributed by atoms with Gasteiger partial charge in [0, 0.05) is 18.2 Å². The van der Waals surface area contributed by atoms with Crippen LogP contribution in [0.1, 0.15) is 22.9 Å². The molecule has 4 nitrogen and oxygen atoms in total. The van der Waals surface area contributed by atoms with Crippen LogP contribution >= 0.6 is 23.2 Å². The van der Waals surface area contributed by atoms with Gasteiger partial charge in [0.25, 0.3) is 0 Å². The van der Waals surface area contributed by atoms with E-state index in [4.69, 9.17) is 34.0 Å². The van der Waals surface area contributed by atoms with Gasteiger partial charge in [-0.05, 0) is 30.7 Å². The van der Waals surface area contributed by atoms with Crippen molar-refractivity contribution in [2.75, 3.05) is 13.2 Å². The highest BCUT2D eigenvalue weighted by atomic mass is 35.5. The largest absolute Gasteiger partial charge is 0.394 e. The molecule has 3 N–H and O–H groups in total. The van der Waals surface area contributed by atoms with Gasteiger partial charge in [-0.1, -0.05) is 29.3 Å². The van der Waals surface area contributed by atoms with E-state index in [1.54, 1.807) is 10.7 Å². The highest BCUT2D eigenvalue weighted by Crippen LogP contribution is 2.30. The fraction of sp³-hybridized carbons (Fsp3) is 0.357. The van der Waals surface area contributed by atoms with Crippen molar-refractivity contribution < 1.29 is 5.11 Å². The smallest absolute Gasteiger partial charge is 0.0644 e. The highest BCUT2D eigenvalue weighted by molar-refractivity contribution is 6.42. The van der Waals surface area contributed by atoms with E-state index in [1.165, 1.54) is 0 Å². The Balaban J connectivity index is 2.43. The summed E-state index contributed by atoms with van der Waals surface area (Å²) in [5.74, 6) is -0.0301. The molecule has 20 heavy (non-hydrogen) atoms. The van der Waals surface area contributed by atoms with Crippen LogP contribution in [0, 0.1) is 6.92 Å². The van der Waals surface area contributed by atoms with Crippen LogP contribution in [0.25, 0.3) is 0 Å². The van der Waals surface area contributed by atoms with Gasteiger partial charge in [0.2, 0.25) is 0 Å². The zero-order valence-electron chi connectivity index (χ0n) is 11.2. The lowest BCUT2D eigenvalue weighted by Gasteiger charge is -2.17. The molecule has 0 aliphatic heterocycles. The van der Waals surface area contributed by atoms with Gasteiger partial charge in [0.15, 0.2) is 0 Å². The number of aliphatic hydroxyl groups is 1. The zero-order chi connectivity index (χ0) is 14.7. The molecule has 2 aromatic rings. The Bertz CT molecular complexity index is 598. The van der Waals surface area contributed by atoms with Gasteiger partial charge in [-0.2, -0.15) is 5.10 Å². The maximum Gasteiger partial charge on any atom is 0.0644 e. The number of benzene rings is 1. The Kier molecular flexibility index (Phi) is 5.05. The summed E-state index contributed by atoms with van der Waals surface area (Å²) in [6.45, 7) is 2.82. The Morgan fingerprint density at radius 2 is 2.05 bits per heavy atom. The van der Waals surface area contributed by atoms with Crippen molar-refractivity contribution in [1.29, 1.82) is 0 Å². The van der Waals surface area contributed by atoms with Crippen molar-refractivity contribution in [2.45, 2.75) is 19.4 Å². The summed E-state index contributed by atoms with van der Waals surface area (Å²) in [7, 11) is 0. The number of nitrogens with zero attached hydrogens (tertiary/aromatic N) is 2. The Morgan fingerprint density at radius 3 is 2.65 bits per heavy atom. The third-order valence-electron chi connectivity index (χ3n) is 3.18. The predicted octanol–water partition coefficient (Wildman–Crippen LogP) is 2.58. The van der Waals surface area contributed by atoms with Crippen LogP contribution in [0.15, 0.2) is 24.3 Å². The summed E-state index contributed by atoms with van der Waals surface area (Å²) >= 11 is 12.0. The van der Waals surface area contributed by atoms with Crippen LogP contribution in [-0.4, -0.2) is 28.0 Å². The van der Waals surface area contributed by atoms with E-state index in [0.717, 1.165) is 17.0 Å². The molecule has 1 heterocycles. The molecule has 0 bridgehead atoms. The number of hydrogen-bond donors (Lipinski definition) is 2. The minimum absolute atomic E-state index is 0.0301. The molecule has 0 spiro atoms. The number of halogens is 2. The second-order valence-corrected chi connectivity index (χ2v) is 5.43. The molecule has 2 rings (SSSR count). The van der Waals surface area contributed by atoms with Crippen molar-refractivity contribution in [3.63, 3.8) is 0 Å². The number of hydrogen-bond acceptors (Lipinski definition) is 3. The first kappa shape index (κ1) is 15.3. The van der Waals surface area contributed by atoms with E-state index in [1.807, 2.05) is 25.1 Å². The summed E-state index contributed by atoms with van der Waals surface area (Å²) in [5, 5.41) is 14.5. The van der Waals surface area contributed by atoms with E-state index in [2.05, 4.69) is 5.10 Å². The van der Waals surface area contributed by atoms with Crippen molar-refractivity contribution in [2.24, 2.45) is 5.73 Å². The standard InChI is InChI=1S/C14H17Cl2N3O/c1-9-6-14(19(18-9)4-5-20)11(8-17)10-2-3-12(15)13(16)7-10/h2-3,6-7,11,20H,4-5,8,17H2,1H3. The molecule has 0 fully saturated rings. The first-order valence-corrected chi connectivity index (χ1v) is 7.12. The van der Waals surface area contributed by atoms with Crippen molar-refractivity contribution in [1.82, 2.24) is 9.78 Å². The van der Waals surface area contributed by atoms with Crippen molar-refractivity contribution in [3.05, 3.63) is 51.3 Å². The minimum atomic E-state index is -0.0301. The van der Waals surface area contributed by atoms with Gasteiger partial charge in [-0.3, -0.25) is 4.68 Å². The van der Waals surface area contributed by atoms with Gasteiger partial charge in [0.1, 0.15) is 0 Å². The van der Waals surface area contributed by atoms with Crippen LogP contribution in [0.3, 0.4) is 0 Å². The minimum Gasteiger partial charge on any atom is -0.394 e. The van der Waals surface area contributed by atoms with E-state index in [-0.39, 0.29) is 12.5 Å². The van der Waals surface area contributed by atoms with Gasteiger partial charge in [0.05, 0.1) is 28.9 Å². The topological polar surface area (TPSA) is 64.1 Å². The molecule has 6 heteroatoms. The molecular formula is C14H17Cl2N3O. The average molecular weight is 314 g/mol. The quantitative estimate of drug-likeness (QED) is 0.891. The second-order valence-electron chi connectivity index (χ2n) is 4.62. The van der Waals surface area contributed by atoms with Crippen LogP contribution in [-0.2, 0) is 6.54 Å². The lowest BCUT2D eigenvalue weighted by Crippen LogP contribution is -2.19.